The Morgan fingerprint density at radius 2 is 1.89 bits per heavy atom. The lowest BCUT2D eigenvalue weighted by Crippen LogP contribution is -2.33. The van der Waals surface area contributed by atoms with E-state index in [0.29, 0.717) is 12.0 Å². The molecule has 0 heterocycles. The highest BCUT2D eigenvalue weighted by molar-refractivity contribution is 5.33. The van der Waals surface area contributed by atoms with Gasteiger partial charge in [0.05, 0.1) is 7.11 Å². The highest BCUT2D eigenvalue weighted by atomic mass is 16.5. The Morgan fingerprint density at radius 3 is 2.56 bits per heavy atom. The van der Waals surface area contributed by atoms with Crippen LogP contribution in [0.15, 0.2) is 24.3 Å². The lowest BCUT2D eigenvalue weighted by Gasteiger charge is -2.18. The molecule has 0 radical (unpaired) electrons. The summed E-state index contributed by atoms with van der Waals surface area (Å²) in [6.07, 6.45) is 0.976. The standard InChI is InChI=1S/C15H25NO2/c1-12(11-17-3)10-16-13(2)9-14-7-5-6-8-15(14)18-4/h5-8,12-13,16H,9-11H2,1-4H3. The summed E-state index contributed by atoms with van der Waals surface area (Å²) < 4.78 is 10.5. The van der Waals surface area contributed by atoms with E-state index in [1.807, 2.05) is 12.1 Å². The number of ether oxygens (including phenoxy) is 2. The van der Waals surface area contributed by atoms with Gasteiger partial charge in [0.25, 0.3) is 0 Å². The second-order valence-corrected chi connectivity index (χ2v) is 4.89. The van der Waals surface area contributed by atoms with Gasteiger partial charge in [-0.15, -0.1) is 0 Å². The number of nitrogens with one attached hydrogen (secondary N) is 1. The van der Waals surface area contributed by atoms with Crippen LogP contribution in [0.5, 0.6) is 5.75 Å². The Morgan fingerprint density at radius 1 is 1.17 bits per heavy atom. The SMILES string of the molecule is COCC(C)CNC(C)Cc1ccccc1OC. The molecule has 0 saturated heterocycles. The third kappa shape index (κ3) is 5.07. The average Bonchev–Trinajstić information content (AvgIpc) is 2.37. The number of para-hydroxylation sites is 1. The molecule has 3 heteroatoms. The van der Waals surface area contributed by atoms with E-state index in [4.69, 9.17) is 9.47 Å². The van der Waals surface area contributed by atoms with Gasteiger partial charge in [-0.05, 0) is 30.9 Å². The highest BCUT2D eigenvalue weighted by Crippen LogP contribution is 2.18. The zero-order valence-corrected chi connectivity index (χ0v) is 11.9. The largest absolute Gasteiger partial charge is 0.496 e. The van der Waals surface area contributed by atoms with Crippen molar-refractivity contribution in [2.75, 3.05) is 27.4 Å². The second-order valence-electron chi connectivity index (χ2n) is 4.89. The lowest BCUT2D eigenvalue weighted by atomic mass is 10.1. The summed E-state index contributed by atoms with van der Waals surface area (Å²) in [5, 5.41) is 3.53. The van der Waals surface area contributed by atoms with Crippen molar-refractivity contribution in [3.8, 4) is 5.75 Å². The summed E-state index contributed by atoms with van der Waals surface area (Å²) in [7, 11) is 3.46. The summed E-state index contributed by atoms with van der Waals surface area (Å²) in [4.78, 5) is 0. The Hall–Kier alpha value is -1.06. The highest BCUT2D eigenvalue weighted by Gasteiger charge is 2.09. The van der Waals surface area contributed by atoms with Crippen LogP contribution in [0.4, 0.5) is 0 Å². The predicted octanol–water partition coefficient (Wildman–Crippen LogP) is 2.50. The van der Waals surface area contributed by atoms with Crippen LogP contribution in [0, 0.1) is 5.92 Å². The molecule has 0 aromatic heterocycles. The molecule has 1 aromatic carbocycles. The molecule has 1 N–H and O–H groups in total. The summed E-state index contributed by atoms with van der Waals surface area (Å²) in [6, 6.07) is 8.62. The first-order valence-electron chi connectivity index (χ1n) is 6.51. The molecule has 3 nitrogen and oxygen atoms in total. The van der Waals surface area contributed by atoms with Gasteiger partial charge in [-0.25, -0.2) is 0 Å². The summed E-state index contributed by atoms with van der Waals surface area (Å²) in [5.74, 6) is 1.51. The Balaban J connectivity index is 2.41. The van der Waals surface area contributed by atoms with Gasteiger partial charge in [0, 0.05) is 26.3 Å². The minimum absolute atomic E-state index is 0.431. The van der Waals surface area contributed by atoms with Crippen LogP contribution in [0.1, 0.15) is 19.4 Å². The number of rotatable bonds is 8. The predicted molar refractivity (Wildman–Crippen MR) is 75.2 cm³/mol. The van der Waals surface area contributed by atoms with Gasteiger partial charge < -0.3 is 14.8 Å². The quantitative estimate of drug-likeness (QED) is 0.770. The molecule has 0 fully saturated rings. The van der Waals surface area contributed by atoms with Crippen LogP contribution in [0.3, 0.4) is 0 Å². The number of hydrogen-bond donors (Lipinski definition) is 1. The topological polar surface area (TPSA) is 30.5 Å². The third-order valence-corrected chi connectivity index (χ3v) is 2.98. The van der Waals surface area contributed by atoms with E-state index in [9.17, 15) is 0 Å². The van der Waals surface area contributed by atoms with Crippen molar-refractivity contribution in [1.82, 2.24) is 5.32 Å². The molecule has 0 spiro atoms. The fourth-order valence-electron chi connectivity index (χ4n) is 2.02. The zero-order valence-electron chi connectivity index (χ0n) is 11.9. The van der Waals surface area contributed by atoms with Gasteiger partial charge in [0.15, 0.2) is 0 Å². The molecule has 1 rings (SSSR count). The van der Waals surface area contributed by atoms with Crippen molar-refractivity contribution < 1.29 is 9.47 Å². The van der Waals surface area contributed by atoms with Crippen molar-refractivity contribution in [1.29, 1.82) is 0 Å². The molecule has 2 unspecified atom stereocenters. The van der Waals surface area contributed by atoms with Gasteiger partial charge >= 0.3 is 0 Å². The van der Waals surface area contributed by atoms with Gasteiger partial charge in [-0.1, -0.05) is 25.1 Å². The minimum atomic E-state index is 0.431. The molecule has 0 aliphatic carbocycles. The average molecular weight is 251 g/mol. The molecular weight excluding hydrogens is 226 g/mol. The Kier molecular flexibility index (Phi) is 6.76. The fourth-order valence-corrected chi connectivity index (χ4v) is 2.02. The normalized spacial score (nSPS) is 14.2. The molecule has 0 saturated carbocycles. The smallest absolute Gasteiger partial charge is 0.122 e. The van der Waals surface area contributed by atoms with Gasteiger partial charge in [0.2, 0.25) is 0 Å². The van der Waals surface area contributed by atoms with Crippen LogP contribution in [-0.2, 0) is 11.2 Å². The van der Waals surface area contributed by atoms with Crippen LogP contribution >= 0.6 is 0 Å². The van der Waals surface area contributed by atoms with Gasteiger partial charge in [0.1, 0.15) is 5.75 Å². The molecule has 0 amide bonds. The van der Waals surface area contributed by atoms with E-state index < -0.39 is 0 Å². The number of hydrogen-bond acceptors (Lipinski definition) is 3. The van der Waals surface area contributed by atoms with E-state index >= 15 is 0 Å². The van der Waals surface area contributed by atoms with E-state index in [0.717, 1.165) is 25.3 Å². The Labute approximate surface area is 110 Å². The second kappa shape index (κ2) is 8.11. The zero-order chi connectivity index (χ0) is 13.4. The third-order valence-electron chi connectivity index (χ3n) is 2.98. The molecule has 18 heavy (non-hydrogen) atoms. The van der Waals surface area contributed by atoms with Crippen molar-refractivity contribution in [3.63, 3.8) is 0 Å². The minimum Gasteiger partial charge on any atom is -0.496 e. The summed E-state index contributed by atoms with van der Waals surface area (Å²) in [5.41, 5.74) is 1.25. The molecule has 102 valence electrons. The van der Waals surface area contributed by atoms with Gasteiger partial charge in [-0.2, -0.15) is 0 Å². The maximum absolute atomic E-state index is 5.36. The van der Waals surface area contributed by atoms with Crippen LogP contribution in [-0.4, -0.2) is 33.4 Å². The number of methoxy groups -OCH3 is 2. The molecule has 0 aliphatic heterocycles. The maximum Gasteiger partial charge on any atom is 0.122 e. The summed E-state index contributed by atoms with van der Waals surface area (Å²) >= 11 is 0. The van der Waals surface area contributed by atoms with Crippen molar-refractivity contribution in [2.45, 2.75) is 26.3 Å². The molecule has 0 bridgehead atoms. The first kappa shape index (κ1) is 15.0. The number of benzene rings is 1. The van der Waals surface area contributed by atoms with Gasteiger partial charge in [-0.3, -0.25) is 0 Å². The first-order valence-corrected chi connectivity index (χ1v) is 6.51. The van der Waals surface area contributed by atoms with Crippen LogP contribution < -0.4 is 10.1 Å². The lowest BCUT2D eigenvalue weighted by molar-refractivity contribution is 0.157. The molecule has 2 atom stereocenters. The molecular formula is C15H25NO2. The monoisotopic (exact) mass is 251 g/mol. The molecule has 1 aromatic rings. The van der Waals surface area contributed by atoms with Crippen LogP contribution in [0.2, 0.25) is 0 Å². The van der Waals surface area contributed by atoms with E-state index in [2.05, 4.69) is 31.3 Å². The van der Waals surface area contributed by atoms with Crippen molar-refractivity contribution in [2.24, 2.45) is 5.92 Å². The van der Waals surface area contributed by atoms with E-state index in [1.54, 1.807) is 14.2 Å². The van der Waals surface area contributed by atoms with E-state index in [1.165, 1.54) is 5.56 Å². The molecule has 0 aliphatic rings. The first-order chi connectivity index (χ1) is 8.67. The van der Waals surface area contributed by atoms with Crippen LogP contribution in [0.25, 0.3) is 0 Å². The Bertz CT molecular complexity index is 341. The van der Waals surface area contributed by atoms with Crippen molar-refractivity contribution in [3.05, 3.63) is 29.8 Å². The fraction of sp³-hybridized carbons (Fsp3) is 0.600. The van der Waals surface area contributed by atoms with Crippen molar-refractivity contribution >= 4 is 0 Å². The summed E-state index contributed by atoms with van der Waals surface area (Å²) in [6.45, 7) is 6.16. The van der Waals surface area contributed by atoms with E-state index in [-0.39, 0.29) is 0 Å². The maximum atomic E-state index is 5.36.